The zero-order valence-corrected chi connectivity index (χ0v) is 12.7. The van der Waals surface area contributed by atoms with E-state index in [0.717, 1.165) is 22.0 Å². The topological polar surface area (TPSA) is 79.4 Å². The van der Waals surface area contributed by atoms with Gasteiger partial charge in [0.2, 0.25) is 0 Å². The van der Waals surface area contributed by atoms with Crippen LogP contribution in [0.25, 0.3) is 10.9 Å². The second kappa shape index (κ2) is 6.93. The number of carbonyl (C=O) groups excluding carboxylic acids is 1. The molecule has 0 bridgehead atoms. The Morgan fingerprint density at radius 3 is 2.77 bits per heavy atom. The van der Waals surface area contributed by atoms with Crippen molar-refractivity contribution in [2.45, 2.75) is 26.2 Å². The number of hydrogen-bond donors (Lipinski definition) is 2. The molecule has 0 spiro atoms. The predicted octanol–water partition coefficient (Wildman–Crippen LogP) is 3.31. The molecule has 0 aliphatic heterocycles. The highest BCUT2D eigenvalue weighted by atomic mass is 16.5. The average Bonchev–Trinajstić information content (AvgIpc) is 2.94. The third-order valence-corrected chi connectivity index (χ3v) is 3.61. The Labute approximate surface area is 128 Å². The number of methoxy groups -OCH3 is 1. The van der Waals surface area contributed by atoms with E-state index in [0.29, 0.717) is 18.4 Å². The highest BCUT2D eigenvalue weighted by Crippen LogP contribution is 2.23. The lowest BCUT2D eigenvalue weighted by molar-refractivity contribution is -0.136. The summed E-state index contributed by atoms with van der Waals surface area (Å²) in [5.74, 6) is -1.15. The molecule has 2 rings (SSSR count). The van der Waals surface area contributed by atoms with E-state index >= 15 is 0 Å². The molecule has 0 unspecified atom stereocenters. The molecule has 1 aromatic heterocycles. The molecule has 2 aromatic rings. The summed E-state index contributed by atoms with van der Waals surface area (Å²) < 4.78 is 4.77. The summed E-state index contributed by atoms with van der Waals surface area (Å²) in [4.78, 5) is 25.4. The van der Waals surface area contributed by atoms with Crippen LogP contribution in [-0.4, -0.2) is 29.1 Å². The highest BCUT2D eigenvalue weighted by Gasteiger charge is 2.13. The third kappa shape index (κ3) is 3.55. The van der Waals surface area contributed by atoms with Gasteiger partial charge in [-0.15, -0.1) is 0 Å². The molecule has 0 fully saturated rings. The number of fused-ring (bicyclic) bond motifs is 1. The van der Waals surface area contributed by atoms with Crippen LogP contribution in [-0.2, 0) is 16.0 Å². The number of rotatable bonds is 6. The Morgan fingerprint density at radius 2 is 2.09 bits per heavy atom. The van der Waals surface area contributed by atoms with E-state index in [1.165, 1.54) is 7.11 Å². The molecule has 1 heterocycles. The molecule has 116 valence electrons. The van der Waals surface area contributed by atoms with Crippen molar-refractivity contribution in [1.82, 2.24) is 4.98 Å². The number of aromatic amines is 1. The number of nitrogens with one attached hydrogen (secondary N) is 1. The molecule has 0 radical (unpaired) electrons. The van der Waals surface area contributed by atoms with Crippen molar-refractivity contribution in [3.05, 3.63) is 47.2 Å². The van der Waals surface area contributed by atoms with Crippen LogP contribution in [0.3, 0.4) is 0 Å². The van der Waals surface area contributed by atoms with Crippen LogP contribution in [0.5, 0.6) is 0 Å². The van der Waals surface area contributed by atoms with Crippen molar-refractivity contribution >= 4 is 22.8 Å². The molecule has 0 aliphatic carbocycles. The maximum absolute atomic E-state index is 11.7. The van der Waals surface area contributed by atoms with Gasteiger partial charge in [0, 0.05) is 23.5 Å². The fourth-order valence-corrected chi connectivity index (χ4v) is 2.36. The average molecular weight is 301 g/mol. The van der Waals surface area contributed by atoms with E-state index in [1.807, 2.05) is 31.2 Å². The molecular weight excluding hydrogens is 282 g/mol. The van der Waals surface area contributed by atoms with E-state index in [1.54, 1.807) is 6.20 Å². The number of carboxylic acid groups (broad SMARTS) is 1. The van der Waals surface area contributed by atoms with Crippen molar-refractivity contribution in [2.75, 3.05) is 7.11 Å². The lowest BCUT2D eigenvalue weighted by Crippen LogP contribution is -1.99. The second-order valence-electron chi connectivity index (χ2n) is 5.18. The van der Waals surface area contributed by atoms with Crippen LogP contribution in [0.1, 0.15) is 35.7 Å². The zero-order chi connectivity index (χ0) is 16.1. The SMILES string of the molecule is COC(=O)c1c[nH]c2c(C/C=C(\C)CCC(=O)O)cccc12. The van der Waals surface area contributed by atoms with Crippen molar-refractivity contribution in [3.8, 4) is 0 Å². The first-order chi connectivity index (χ1) is 10.5. The molecule has 0 amide bonds. The maximum Gasteiger partial charge on any atom is 0.340 e. The smallest absolute Gasteiger partial charge is 0.340 e. The van der Waals surface area contributed by atoms with Crippen molar-refractivity contribution in [1.29, 1.82) is 0 Å². The normalized spacial score (nSPS) is 11.6. The van der Waals surface area contributed by atoms with Crippen LogP contribution >= 0.6 is 0 Å². The van der Waals surface area contributed by atoms with Crippen LogP contribution in [0.4, 0.5) is 0 Å². The molecule has 0 aliphatic rings. The molecule has 0 saturated heterocycles. The Bertz CT molecular complexity index is 727. The molecule has 1 aromatic carbocycles. The number of ether oxygens (including phenoxy) is 1. The number of aromatic nitrogens is 1. The van der Waals surface area contributed by atoms with Gasteiger partial charge < -0.3 is 14.8 Å². The van der Waals surface area contributed by atoms with E-state index < -0.39 is 5.97 Å². The minimum absolute atomic E-state index is 0.140. The van der Waals surface area contributed by atoms with Gasteiger partial charge in [-0.3, -0.25) is 4.79 Å². The monoisotopic (exact) mass is 301 g/mol. The highest BCUT2D eigenvalue weighted by molar-refractivity contribution is 6.04. The first kappa shape index (κ1) is 15.8. The van der Waals surface area contributed by atoms with Crippen LogP contribution < -0.4 is 0 Å². The lowest BCUT2D eigenvalue weighted by atomic mass is 10.0. The number of aliphatic carboxylic acids is 1. The molecule has 5 nitrogen and oxygen atoms in total. The first-order valence-corrected chi connectivity index (χ1v) is 7.07. The maximum atomic E-state index is 11.7. The van der Waals surface area contributed by atoms with Gasteiger partial charge in [-0.05, 0) is 25.3 Å². The quantitative estimate of drug-likeness (QED) is 0.633. The van der Waals surface area contributed by atoms with Crippen molar-refractivity contribution < 1.29 is 19.4 Å². The largest absolute Gasteiger partial charge is 0.481 e. The number of esters is 1. The minimum Gasteiger partial charge on any atom is -0.481 e. The molecule has 2 N–H and O–H groups in total. The first-order valence-electron chi connectivity index (χ1n) is 7.07. The number of carbonyl (C=O) groups is 2. The molecule has 5 heteroatoms. The van der Waals surface area contributed by atoms with Crippen LogP contribution in [0.2, 0.25) is 0 Å². The second-order valence-corrected chi connectivity index (χ2v) is 5.18. The van der Waals surface area contributed by atoms with Crippen molar-refractivity contribution in [2.24, 2.45) is 0 Å². The van der Waals surface area contributed by atoms with Gasteiger partial charge in [0.05, 0.1) is 12.7 Å². The molecule has 22 heavy (non-hydrogen) atoms. The van der Waals surface area contributed by atoms with Gasteiger partial charge in [0.1, 0.15) is 0 Å². The van der Waals surface area contributed by atoms with Crippen LogP contribution in [0, 0.1) is 0 Å². The van der Waals surface area contributed by atoms with E-state index in [9.17, 15) is 9.59 Å². The van der Waals surface area contributed by atoms with Crippen LogP contribution in [0.15, 0.2) is 36.0 Å². The number of H-pyrrole nitrogens is 1. The van der Waals surface area contributed by atoms with Gasteiger partial charge in [0.25, 0.3) is 0 Å². The lowest BCUT2D eigenvalue weighted by Gasteiger charge is -2.03. The van der Waals surface area contributed by atoms with E-state index in [4.69, 9.17) is 9.84 Å². The van der Waals surface area contributed by atoms with E-state index in [-0.39, 0.29) is 12.4 Å². The molecule has 0 saturated carbocycles. The Kier molecular flexibility index (Phi) is 4.99. The minimum atomic E-state index is -0.790. The summed E-state index contributed by atoms with van der Waals surface area (Å²) in [6.07, 6.45) is 5.05. The number of benzene rings is 1. The van der Waals surface area contributed by atoms with Crippen molar-refractivity contribution in [3.63, 3.8) is 0 Å². The Morgan fingerprint density at radius 1 is 1.32 bits per heavy atom. The summed E-state index contributed by atoms with van der Waals surface area (Å²) in [6, 6.07) is 5.77. The predicted molar refractivity (Wildman–Crippen MR) is 84.0 cm³/mol. The third-order valence-electron chi connectivity index (χ3n) is 3.61. The summed E-state index contributed by atoms with van der Waals surface area (Å²) in [5.41, 5.74) is 3.53. The summed E-state index contributed by atoms with van der Waals surface area (Å²) in [5, 5.41) is 9.53. The Balaban J connectivity index is 2.22. The fraction of sp³-hybridized carbons (Fsp3) is 0.294. The standard InChI is InChI=1S/C17H19NO4/c1-11(7-9-15(19)20)6-8-12-4-3-5-13-14(17(21)22-2)10-18-16(12)13/h3-6,10,18H,7-9H2,1-2H3,(H,19,20)/b11-6+. The number of carboxylic acids is 1. The molecular formula is C17H19NO4. The Hall–Kier alpha value is -2.56. The summed E-state index contributed by atoms with van der Waals surface area (Å²) in [7, 11) is 1.36. The van der Waals surface area contributed by atoms with Gasteiger partial charge >= 0.3 is 11.9 Å². The summed E-state index contributed by atoms with van der Waals surface area (Å²) in [6.45, 7) is 1.93. The van der Waals surface area contributed by atoms with Gasteiger partial charge in [0.15, 0.2) is 0 Å². The fourth-order valence-electron chi connectivity index (χ4n) is 2.36. The van der Waals surface area contributed by atoms with Gasteiger partial charge in [-0.25, -0.2) is 4.79 Å². The van der Waals surface area contributed by atoms with E-state index in [2.05, 4.69) is 4.98 Å². The van der Waals surface area contributed by atoms with Gasteiger partial charge in [-0.1, -0.05) is 29.8 Å². The number of allylic oxidation sites excluding steroid dienone is 2. The molecule has 0 atom stereocenters. The zero-order valence-electron chi connectivity index (χ0n) is 12.7. The summed E-state index contributed by atoms with van der Waals surface area (Å²) >= 11 is 0. The number of hydrogen-bond acceptors (Lipinski definition) is 3. The van der Waals surface area contributed by atoms with Gasteiger partial charge in [-0.2, -0.15) is 0 Å². The number of para-hydroxylation sites is 1.